The van der Waals surface area contributed by atoms with Crippen LogP contribution in [0.15, 0.2) is 0 Å². The third-order valence-electron chi connectivity index (χ3n) is 2.33. The maximum absolute atomic E-state index is 11.6. The zero-order valence-electron chi connectivity index (χ0n) is 8.43. The predicted molar refractivity (Wildman–Crippen MR) is 71.2 cm³/mol. The van der Waals surface area contributed by atoms with Crippen LogP contribution in [0.2, 0.25) is 0 Å². The maximum Gasteiger partial charge on any atom is 0.233 e. The van der Waals surface area contributed by atoms with Crippen molar-refractivity contribution in [2.24, 2.45) is 0 Å². The van der Waals surface area contributed by atoms with Gasteiger partial charge < -0.3 is 5.32 Å². The van der Waals surface area contributed by atoms with Gasteiger partial charge >= 0.3 is 0 Å². The summed E-state index contributed by atoms with van der Waals surface area (Å²) in [6.45, 7) is 0.860. The van der Waals surface area contributed by atoms with E-state index in [9.17, 15) is 4.79 Å². The van der Waals surface area contributed by atoms with E-state index in [1.807, 2.05) is 11.8 Å². The van der Waals surface area contributed by atoms with E-state index >= 15 is 0 Å². The van der Waals surface area contributed by atoms with Gasteiger partial charge in [-0.15, -0.1) is 11.8 Å². The van der Waals surface area contributed by atoms with Crippen LogP contribution in [-0.4, -0.2) is 27.9 Å². The van der Waals surface area contributed by atoms with E-state index in [4.69, 9.17) is 0 Å². The van der Waals surface area contributed by atoms with E-state index in [0.29, 0.717) is 0 Å². The molecule has 1 N–H and O–H groups in total. The lowest BCUT2D eigenvalue weighted by Gasteiger charge is -2.20. The van der Waals surface area contributed by atoms with Crippen LogP contribution in [0.1, 0.15) is 32.1 Å². The summed E-state index contributed by atoms with van der Waals surface area (Å²) in [5, 5.41) is 3.26. The fourth-order valence-corrected chi connectivity index (χ4v) is 3.26. The van der Waals surface area contributed by atoms with Gasteiger partial charge in [-0.3, -0.25) is 4.79 Å². The molecule has 1 heterocycles. The highest BCUT2D eigenvalue weighted by atomic mass is 127. The fraction of sp³-hybridized carbons (Fsp3) is 0.900. The van der Waals surface area contributed by atoms with E-state index in [1.54, 1.807) is 0 Å². The Bertz CT molecular complexity index is 172. The highest BCUT2D eigenvalue weighted by Crippen LogP contribution is 2.24. The Balaban J connectivity index is 2.07. The standard InChI is InChI=1S/C10H18INOS/c11-6-2-3-7-12-10(13)9-5-1-4-8-14-9/h9H,1-8H2,(H,12,13). The zero-order valence-corrected chi connectivity index (χ0v) is 11.4. The minimum Gasteiger partial charge on any atom is -0.355 e. The summed E-state index contributed by atoms with van der Waals surface area (Å²) in [6, 6.07) is 0. The van der Waals surface area contributed by atoms with Gasteiger partial charge in [0.15, 0.2) is 0 Å². The van der Waals surface area contributed by atoms with Gasteiger partial charge in [0.2, 0.25) is 5.91 Å². The topological polar surface area (TPSA) is 29.1 Å². The Morgan fingerprint density at radius 3 is 2.93 bits per heavy atom. The SMILES string of the molecule is O=C(NCCCCI)C1CCCCS1. The second-order valence-corrected chi connectivity index (χ2v) is 5.93. The Hall–Kier alpha value is 0.550. The number of hydrogen-bond acceptors (Lipinski definition) is 2. The largest absolute Gasteiger partial charge is 0.355 e. The lowest BCUT2D eigenvalue weighted by molar-refractivity contribution is -0.120. The monoisotopic (exact) mass is 327 g/mol. The summed E-state index contributed by atoms with van der Waals surface area (Å²) in [5.41, 5.74) is 0. The van der Waals surface area contributed by atoms with Crippen molar-refractivity contribution in [2.45, 2.75) is 37.4 Å². The van der Waals surface area contributed by atoms with Crippen molar-refractivity contribution in [3.05, 3.63) is 0 Å². The number of carbonyl (C=O) groups excluding carboxylic acids is 1. The third kappa shape index (κ3) is 4.87. The van der Waals surface area contributed by atoms with Gasteiger partial charge in [0.05, 0.1) is 5.25 Å². The molecule has 14 heavy (non-hydrogen) atoms. The number of thioether (sulfide) groups is 1. The molecule has 1 saturated heterocycles. The van der Waals surface area contributed by atoms with E-state index in [2.05, 4.69) is 27.9 Å². The van der Waals surface area contributed by atoms with Gasteiger partial charge in [-0.1, -0.05) is 29.0 Å². The number of halogens is 1. The average Bonchev–Trinajstić information content (AvgIpc) is 2.25. The van der Waals surface area contributed by atoms with Crippen molar-refractivity contribution < 1.29 is 4.79 Å². The summed E-state index contributed by atoms with van der Waals surface area (Å²) < 4.78 is 1.19. The van der Waals surface area contributed by atoms with Gasteiger partial charge in [-0.25, -0.2) is 0 Å². The van der Waals surface area contributed by atoms with E-state index in [-0.39, 0.29) is 11.2 Å². The summed E-state index contributed by atoms with van der Waals surface area (Å²) >= 11 is 4.19. The minimum absolute atomic E-state index is 0.239. The number of rotatable bonds is 5. The molecule has 1 aliphatic rings. The van der Waals surface area contributed by atoms with Crippen LogP contribution in [0.4, 0.5) is 0 Å². The zero-order chi connectivity index (χ0) is 10.2. The van der Waals surface area contributed by atoms with E-state index in [0.717, 1.165) is 25.1 Å². The van der Waals surface area contributed by atoms with E-state index < -0.39 is 0 Å². The summed E-state index contributed by atoms with van der Waals surface area (Å²) in [7, 11) is 0. The average molecular weight is 327 g/mol. The van der Waals surface area contributed by atoms with Gasteiger partial charge in [0, 0.05) is 6.54 Å². The molecule has 0 spiro atoms. The molecular weight excluding hydrogens is 309 g/mol. The van der Waals surface area contributed by atoms with Gasteiger partial charge in [-0.05, 0) is 35.9 Å². The van der Waals surface area contributed by atoms with Crippen LogP contribution in [0.5, 0.6) is 0 Å². The summed E-state index contributed by atoms with van der Waals surface area (Å²) in [5.74, 6) is 1.43. The van der Waals surface area contributed by atoms with Crippen molar-refractivity contribution in [1.29, 1.82) is 0 Å². The molecule has 82 valence electrons. The normalized spacial score (nSPS) is 21.9. The van der Waals surface area contributed by atoms with Gasteiger partial charge in [0.1, 0.15) is 0 Å². The molecule has 0 aromatic rings. The Morgan fingerprint density at radius 1 is 1.43 bits per heavy atom. The summed E-state index contributed by atoms with van der Waals surface area (Å²) in [6.07, 6.45) is 5.90. The molecule has 0 bridgehead atoms. The molecule has 0 aromatic carbocycles. The number of nitrogens with one attached hydrogen (secondary N) is 1. The Morgan fingerprint density at radius 2 is 2.29 bits per heavy atom. The molecule has 1 aliphatic heterocycles. The number of amides is 1. The lowest BCUT2D eigenvalue weighted by atomic mass is 10.2. The van der Waals surface area contributed by atoms with Crippen LogP contribution in [0, 0.1) is 0 Å². The quantitative estimate of drug-likeness (QED) is 0.478. The number of unbranched alkanes of at least 4 members (excludes halogenated alkanes) is 1. The molecular formula is C10H18INOS. The number of hydrogen-bond donors (Lipinski definition) is 1. The molecule has 0 radical (unpaired) electrons. The number of carbonyl (C=O) groups is 1. The van der Waals surface area contributed by atoms with Crippen LogP contribution >= 0.6 is 34.4 Å². The van der Waals surface area contributed by atoms with Crippen molar-refractivity contribution in [3.8, 4) is 0 Å². The molecule has 4 heteroatoms. The van der Waals surface area contributed by atoms with Crippen molar-refractivity contribution in [2.75, 3.05) is 16.7 Å². The van der Waals surface area contributed by atoms with E-state index in [1.165, 1.54) is 23.7 Å². The molecule has 1 atom stereocenters. The molecule has 1 unspecified atom stereocenters. The molecule has 1 rings (SSSR count). The first-order valence-corrected chi connectivity index (χ1v) is 7.87. The van der Waals surface area contributed by atoms with Crippen LogP contribution in [0.3, 0.4) is 0 Å². The van der Waals surface area contributed by atoms with Crippen molar-refractivity contribution in [3.63, 3.8) is 0 Å². The Kier molecular flexibility index (Phi) is 7.02. The van der Waals surface area contributed by atoms with Crippen LogP contribution in [-0.2, 0) is 4.79 Å². The first-order valence-electron chi connectivity index (χ1n) is 5.30. The second-order valence-electron chi connectivity index (χ2n) is 3.54. The van der Waals surface area contributed by atoms with Crippen LogP contribution in [0.25, 0.3) is 0 Å². The Labute approximate surface area is 104 Å². The first kappa shape index (κ1) is 12.6. The van der Waals surface area contributed by atoms with Crippen LogP contribution < -0.4 is 5.32 Å². The third-order valence-corrected chi connectivity index (χ3v) is 4.47. The molecule has 0 aliphatic carbocycles. The minimum atomic E-state index is 0.239. The lowest BCUT2D eigenvalue weighted by Crippen LogP contribution is -2.34. The van der Waals surface area contributed by atoms with Crippen molar-refractivity contribution in [1.82, 2.24) is 5.32 Å². The van der Waals surface area contributed by atoms with Crippen molar-refractivity contribution >= 4 is 40.3 Å². The second kappa shape index (κ2) is 7.79. The smallest absolute Gasteiger partial charge is 0.233 e. The van der Waals surface area contributed by atoms with Gasteiger partial charge in [-0.2, -0.15) is 0 Å². The fourth-order valence-electron chi connectivity index (χ4n) is 1.49. The predicted octanol–water partition coefficient (Wildman–Crippen LogP) is 2.60. The highest BCUT2D eigenvalue weighted by molar-refractivity contribution is 14.1. The molecule has 1 amide bonds. The maximum atomic E-state index is 11.6. The number of alkyl halides is 1. The molecule has 1 fully saturated rings. The summed E-state index contributed by atoms with van der Waals surface area (Å²) in [4.78, 5) is 11.6. The molecule has 0 aromatic heterocycles. The van der Waals surface area contributed by atoms with Gasteiger partial charge in [0.25, 0.3) is 0 Å². The molecule has 2 nitrogen and oxygen atoms in total. The first-order chi connectivity index (χ1) is 6.84. The highest BCUT2D eigenvalue weighted by Gasteiger charge is 2.20. The molecule has 0 saturated carbocycles.